The molecule has 94 valence electrons. The minimum Gasteiger partial charge on any atom is -0.493 e. The molecule has 1 atom stereocenters. The second-order valence-corrected chi connectivity index (χ2v) is 4.93. The molecule has 3 heteroatoms. The van der Waals surface area contributed by atoms with Crippen LogP contribution in [0.25, 0.3) is 0 Å². The van der Waals surface area contributed by atoms with Crippen LogP contribution in [0.5, 0.6) is 5.75 Å². The van der Waals surface area contributed by atoms with E-state index in [9.17, 15) is 4.39 Å². The van der Waals surface area contributed by atoms with Crippen LogP contribution in [0.15, 0.2) is 18.2 Å². The Morgan fingerprint density at radius 2 is 2.12 bits per heavy atom. The van der Waals surface area contributed by atoms with E-state index < -0.39 is 0 Å². The van der Waals surface area contributed by atoms with Gasteiger partial charge in [0.2, 0.25) is 0 Å². The third-order valence-electron chi connectivity index (χ3n) is 3.42. The molecule has 0 radical (unpaired) electrons. The Labute approximate surface area is 102 Å². The van der Waals surface area contributed by atoms with Crippen LogP contribution < -0.4 is 10.5 Å². The zero-order chi connectivity index (χ0) is 12.3. The van der Waals surface area contributed by atoms with Gasteiger partial charge in [-0.3, -0.25) is 0 Å². The summed E-state index contributed by atoms with van der Waals surface area (Å²) in [4.78, 5) is 0. The quantitative estimate of drug-likeness (QED) is 0.871. The lowest BCUT2D eigenvalue weighted by atomic mass is 10.1. The normalized spacial score (nSPS) is 18.3. The van der Waals surface area contributed by atoms with Gasteiger partial charge in [-0.25, -0.2) is 4.39 Å². The molecule has 0 bridgehead atoms. The van der Waals surface area contributed by atoms with E-state index in [-0.39, 0.29) is 11.9 Å². The minimum absolute atomic E-state index is 0.274. The standard InChI is InChI=1S/C14H20FNO/c1-10(16)13-7-6-12(8-14(13)15)17-9-11-4-2-3-5-11/h6-8,10-11H,2-5,9,16H2,1H3. The zero-order valence-electron chi connectivity index (χ0n) is 10.3. The number of rotatable bonds is 4. The highest BCUT2D eigenvalue weighted by atomic mass is 19.1. The molecule has 0 heterocycles. The van der Waals surface area contributed by atoms with Crippen LogP contribution in [-0.4, -0.2) is 6.61 Å². The fraction of sp³-hybridized carbons (Fsp3) is 0.571. The number of nitrogens with two attached hydrogens (primary N) is 1. The molecule has 0 aromatic heterocycles. The summed E-state index contributed by atoms with van der Waals surface area (Å²) in [6.07, 6.45) is 5.07. The first-order chi connectivity index (χ1) is 8.16. The number of ether oxygens (including phenoxy) is 1. The highest BCUT2D eigenvalue weighted by molar-refractivity contribution is 5.30. The van der Waals surface area contributed by atoms with Crippen molar-refractivity contribution in [1.82, 2.24) is 0 Å². The molecule has 1 aliphatic carbocycles. The summed E-state index contributed by atoms with van der Waals surface area (Å²) in [5.74, 6) is 0.980. The molecule has 2 rings (SSSR count). The van der Waals surface area contributed by atoms with Gasteiger partial charge in [-0.05, 0) is 31.7 Å². The molecular weight excluding hydrogens is 217 g/mol. The van der Waals surface area contributed by atoms with Crippen molar-refractivity contribution >= 4 is 0 Å². The average molecular weight is 237 g/mol. The lowest BCUT2D eigenvalue weighted by molar-refractivity contribution is 0.251. The summed E-state index contributed by atoms with van der Waals surface area (Å²) in [7, 11) is 0. The van der Waals surface area contributed by atoms with Crippen LogP contribution in [0.1, 0.15) is 44.2 Å². The number of hydrogen-bond donors (Lipinski definition) is 1. The van der Waals surface area contributed by atoms with Gasteiger partial charge in [0.25, 0.3) is 0 Å². The summed E-state index contributed by atoms with van der Waals surface area (Å²) in [6, 6.07) is 4.67. The fourth-order valence-corrected chi connectivity index (χ4v) is 2.36. The SMILES string of the molecule is CC(N)c1ccc(OCC2CCCC2)cc1F. The summed E-state index contributed by atoms with van der Waals surface area (Å²) < 4.78 is 19.3. The molecule has 17 heavy (non-hydrogen) atoms. The lowest BCUT2D eigenvalue weighted by Crippen LogP contribution is -2.10. The van der Waals surface area contributed by atoms with E-state index in [0.717, 1.165) is 0 Å². The fourth-order valence-electron chi connectivity index (χ4n) is 2.36. The molecule has 1 saturated carbocycles. The van der Waals surface area contributed by atoms with Crippen molar-refractivity contribution < 1.29 is 9.13 Å². The van der Waals surface area contributed by atoms with Crippen molar-refractivity contribution in [2.75, 3.05) is 6.61 Å². The molecular formula is C14H20FNO. The second kappa shape index (κ2) is 5.50. The lowest BCUT2D eigenvalue weighted by Gasteiger charge is -2.13. The monoisotopic (exact) mass is 237 g/mol. The van der Waals surface area contributed by atoms with Crippen molar-refractivity contribution in [3.05, 3.63) is 29.6 Å². The van der Waals surface area contributed by atoms with E-state index in [1.165, 1.54) is 31.7 Å². The third kappa shape index (κ3) is 3.19. The Hall–Kier alpha value is -1.09. The minimum atomic E-state index is -0.279. The predicted octanol–water partition coefficient (Wildman–Crippen LogP) is 3.41. The molecule has 0 amide bonds. The molecule has 2 N–H and O–H groups in total. The van der Waals surface area contributed by atoms with Gasteiger partial charge in [0.1, 0.15) is 11.6 Å². The predicted molar refractivity (Wildman–Crippen MR) is 66.5 cm³/mol. The topological polar surface area (TPSA) is 35.2 Å². The molecule has 2 nitrogen and oxygen atoms in total. The molecule has 1 fully saturated rings. The van der Waals surface area contributed by atoms with Crippen molar-refractivity contribution in [2.45, 2.75) is 38.6 Å². The van der Waals surface area contributed by atoms with Crippen LogP contribution in [0, 0.1) is 11.7 Å². The molecule has 0 saturated heterocycles. The third-order valence-corrected chi connectivity index (χ3v) is 3.42. The number of benzene rings is 1. The number of hydrogen-bond acceptors (Lipinski definition) is 2. The molecule has 1 aromatic carbocycles. The van der Waals surface area contributed by atoms with Gasteiger partial charge in [-0.15, -0.1) is 0 Å². The first-order valence-corrected chi connectivity index (χ1v) is 6.34. The zero-order valence-corrected chi connectivity index (χ0v) is 10.3. The van der Waals surface area contributed by atoms with Crippen LogP contribution in [0.3, 0.4) is 0 Å². The van der Waals surface area contributed by atoms with Gasteiger partial charge in [-0.2, -0.15) is 0 Å². The van der Waals surface area contributed by atoms with Gasteiger partial charge in [-0.1, -0.05) is 18.9 Å². The summed E-state index contributed by atoms with van der Waals surface area (Å²) in [6.45, 7) is 2.48. The summed E-state index contributed by atoms with van der Waals surface area (Å²) >= 11 is 0. The molecule has 0 spiro atoms. The van der Waals surface area contributed by atoms with Crippen molar-refractivity contribution in [3.8, 4) is 5.75 Å². The Morgan fingerprint density at radius 1 is 1.41 bits per heavy atom. The van der Waals surface area contributed by atoms with Crippen LogP contribution in [-0.2, 0) is 0 Å². The van der Waals surface area contributed by atoms with E-state index in [1.807, 2.05) is 0 Å². The highest BCUT2D eigenvalue weighted by Gasteiger charge is 2.16. The Bertz CT molecular complexity index is 372. The molecule has 1 unspecified atom stereocenters. The smallest absolute Gasteiger partial charge is 0.131 e. The van der Waals surface area contributed by atoms with E-state index >= 15 is 0 Å². The maximum Gasteiger partial charge on any atom is 0.131 e. The maximum atomic E-state index is 13.6. The van der Waals surface area contributed by atoms with Crippen LogP contribution in [0.2, 0.25) is 0 Å². The second-order valence-electron chi connectivity index (χ2n) is 4.93. The molecule has 0 aliphatic heterocycles. The summed E-state index contributed by atoms with van der Waals surface area (Å²) in [5, 5.41) is 0. The van der Waals surface area contributed by atoms with E-state index in [4.69, 9.17) is 10.5 Å². The summed E-state index contributed by atoms with van der Waals surface area (Å²) in [5.41, 5.74) is 6.20. The van der Waals surface area contributed by atoms with Gasteiger partial charge < -0.3 is 10.5 Å². The van der Waals surface area contributed by atoms with Gasteiger partial charge in [0, 0.05) is 17.7 Å². The van der Waals surface area contributed by atoms with E-state index in [1.54, 1.807) is 19.1 Å². The van der Waals surface area contributed by atoms with Gasteiger partial charge in [0.15, 0.2) is 0 Å². The Kier molecular flexibility index (Phi) is 4.00. The average Bonchev–Trinajstić information content (AvgIpc) is 2.78. The number of halogens is 1. The first kappa shape index (κ1) is 12.4. The Morgan fingerprint density at radius 3 is 2.71 bits per heavy atom. The van der Waals surface area contributed by atoms with Crippen LogP contribution in [0.4, 0.5) is 4.39 Å². The van der Waals surface area contributed by atoms with Crippen molar-refractivity contribution in [2.24, 2.45) is 11.7 Å². The van der Waals surface area contributed by atoms with E-state index in [0.29, 0.717) is 23.8 Å². The van der Waals surface area contributed by atoms with Crippen LogP contribution >= 0.6 is 0 Å². The van der Waals surface area contributed by atoms with Crippen molar-refractivity contribution in [1.29, 1.82) is 0 Å². The van der Waals surface area contributed by atoms with Crippen molar-refractivity contribution in [3.63, 3.8) is 0 Å². The molecule has 1 aliphatic rings. The first-order valence-electron chi connectivity index (χ1n) is 6.34. The van der Waals surface area contributed by atoms with Gasteiger partial charge >= 0.3 is 0 Å². The van der Waals surface area contributed by atoms with E-state index in [2.05, 4.69) is 0 Å². The largest absolute Gasteiger partial charge is 0.493 e. The highest BCUT2D eigenvalue weighted by Crippen LogP contribution is 2.26. The van der Waals surface area contributed by atoms with Gasteiger partial charge in [0.05, 0.1) is 6.61 Å². The Balaban J connectivity index is 1.94. The molecule has 1 aromatic rings. The maximum absolute atomic E-state index is 13.6.